The van der Waals surface area contributed by atoms with Gasteiger partial charge in [0.1, 0.15) is 10.6 Å². The van der Waals surface area contributed by atoms with Crippen molar-refractivity contribution >= 4 is 15.7 Å². The summed E-state index contributed by atoms with van der Waals surface area (Å²) in [5.41, 5.74) is 1.55. The summed E-state index contributed by atoms with van der Waals surface area (Å²) in [4.78, 5) is 2.23. The zero-order chi connectivity index (χ0) is 23.0. The highest BCUT2D eigenvalue weighted by Crippen LogP contribution is 2.40. The molecular formula is C25H36N2O4S. The van der Waals surface area contributed by atoms with Crippen LogP contribution < -0.4 is 14.8 Å². The Morgan fingerprint density at radius 1 is 1.03 bits per heavy atom. The summed E-state index contributed by atoms with van der Waals surface area (Å²) in [7, 11) is -4.01. The van der Waals surface area contributed by atoms with Gasteiger partial charge in [0, 0.05) is 19.7 Å². The molecule has 0 saturated heterocycles. The minimum Gasteiger partial charge on any atom is -0.454 e. The summed E-state index contributed by atoms with van der Waals surface area (Å²) in [5.74, 6) is 1.50. The van der Waals surface area contributed by atoms with Crippen molar-refractivity contribution in [2.75, 3.05) is 24.6 Å². The van der Waals surface area contributed by atoms with E-state index in [0.29, 0.717) is 24.9 Å². The van der Waals surface area contributed by atoms with Crippen molar-refractivity contribution in [3.05, 3.63) is 48.0 Å². The fourth-order valence-corrected chi connectivity index (χ4v) is 4.28. The quantitative estimate of drug-likeness (QED) is 0.405. The minimum absolute atomic E-state index is 0.00173. The number of primary sulfonamides is 1. The molecule has 0 atom stereocenters. The van der Waals surface area contributed by atoms with Gasteiger partial charge in [-0.15, -0.1) is 0 Å². The Balaban J connectivity index is 2.05. The molecule has 0 heterocycles. The summed E-state index contributed by atoms with van der Waals surface area (Å²) < 4.78 is 37.3. The normalized spacial score (nSPS) is 13.8. The third-order valence-corrected chi connectivity index (χ3v) is 6.50. The number of sulfonamides is 1. The van der Waals surface area contributed by atoms with Gasteiger partial charge < -0.3 is 14.4 Å². The molecule has 0 spiro atoms. The maximum absolute atomic E-state index is 12.6. The first-order valence-corrected chi connectivity index (χ1v) is 13.2. The van der Waals surface area contributed by atoms with Crippen LogP contribution in [0.15, 0.2) is 47.4 Å². The molecule has 0 aliphatic heterocycles. The van der Waals surface area contributed by atoms with Crippen LogP contribution in [0.2, 0.25) is 0 Å². The van der Waals surface area contributed by atoms with Gasteiger partial charge in [-0.2, -0.15) is 0 Å². The second-order valence-electron chi connectivity index (χ2n) is 8.55. The Labute approximate surface area is 192 Å². The number of nitrogens with zero attached hydrogens (tertiary/aromatic N) is 1. The van der Waals surface area contributed by atoms with Crippen molar-refractivity contribution in [2.45, 2.75) is 63.9 Å². The number of benzene rings is 2. The maximum Gasteiger partial charge on any atom is 0.241 e. The fraction of sp³-hybridized carbons (Fsp3) is 0.520. The molecule has 176 valence electrons. The molecule has 1 aliphatic rings. The Morgan fingerprint density at radius 3 is 2.25 bits per heavy atom. The summed E-state index contributed by atoms with van der Waals surface area (Å²) in [6, 6.07) is 12.8. The monoisotopic (exact) mass is 460 g/mol. The zero-order valence-electron chi connectivity index (χ0n) is 19.3. The molecule has 1 fully saturated rings. The summed E-state index contributed by atoms with van der Waals surface area (Å²) in [5, 5.41) is 5.67. The highest BCUT2D eigenvalue weighted by molar-refractivity contribution is 7.89. The van der Waals surface area contributed by atoms with Crippen molar-refractivity contribution in [2.24, 2.45) is 11.1 Å². The number of hydrogen-bond acceptors (Lipinski definition) is 5. The second kappa shape index (κ2) is 11.7. The van der Waals surface area contributed by atoms with Crippen molar-refractivity contribution in [1.82, 2.24) is 0 Å². The van der Waals surface area contributed by atoms with Crippen LogP contribution in [0, 0.1) is 5.92 Å². The predicted octanol–water partition coefficient (Wildman–Crippen LogP) is 5.46. The van der Waals surface area contributed by atoms with Crippen LogP contribution >= 0.6 is 0 Å². The van der Waals surface area contributed by atoms with Gasteiger partial charge in [0.25, 0.3) is 0 Å². The van der Waals surface area contributed by atoms with Gasteiger partial charge in [0.2, 0.25) is 10.0 Å². The molecule has 6 nitrogen and oxygen atoms in total. The molecular weight excluding hydrogens is 424 g/mol. The third-order valence-electron chi connectivity index (χ3n) is 5.59. The number of anilines is 1. The lowest BCUT2D eigenvalue weighted by Gasteiger charge is -2.28. The van der Waals surface area contributed by atoms with Gasteiger partial charge in [-0.25, -0.2) is 13.6 Å². The van der Waals surface area contributed by atoms with Crippen LogP contribution in [0.1, 0.15) is 57.9 Å². The molecule has 2 aromatic rings. The van der Waals surface area contributed by atoms with E-state index in [-0.39, 0.29) is 10.6 Å². The van der Waals surface area contributed by atoms with Gasteiger partial charge in [0.05, 0.1) is 12.3 Å². The van der Waals surface area contributed by atoms with Crippen LogP contribution in [0.4, 0.5) is 5.69 Å². The SMILES string of the molecule is CCCCN(CCCC)c1cc(COCC2CC2)cc(S(N)(=O)=O)c1Oc1ccccc1. The van der Waals surface area contributed by atoms with Gasteiger partial charge in [0.15, 0.2) is 5.75 Å². The molecule has 0 bridgehead atoms. The van der Waals surface area contributed by atoms with E-state index in [9.17, 15) is 8.42 Å². The topological polar surface area (TPSA) is 81.9 Å². The molecule has 2 aromatic carbocycles. The highest BCUT2D eigenvalue weighted by Gasteiger charge is 2.25. The molecule has 0 aromatic heterocycles. The molecule has 0 amide bonds. The summed E-state index contributed by atoms with van der Waals surface area (Å²) in [6.45, 7) is 7.00. The van der Waals surface area contributed by atoms with Crippen molar-refractivity contribution in [3.8, 4) is 11.5 Å². The second-order valence-corrected chi connectivity index (χ2v) is 10.1. The van der Waals surface area contributed by atoms with Gasteiger partial charge in [-0.05, 0) is 61.4 Å². The Kier molecular flexibility index (Phi) is 8.96. The van der Waals surface area contributed by atoms with Gasteiger partial charge >= 0.3 is 0 Å². The van der Waals surface area contributed by atoms with Gasteiger partial charge in [-0.3, -0.25) is 0 Å². The zero-order valence-corrected chi connectivity index (χ0v) is 20.1. The van der Waals surface area contributed by atoms with E-state index in [4.69, 9.17) is 14.6 Å². The van der Waals surface area contributed by atoms with E-state index < -0.39 is 10.0 Å². The molecule has 3 rings (SSSR count). The van der Waals surface area contributed by atoms with Crippen LogP contribution in [0.25, 0.3) is 0 Å². The molecule has 0 unspecified atom stereocenters. The Hall–Kier alpha value is -2.09. The van der Waals surface area contributed by atoms with E-state index in [2.05, 4.69) is 18.7 Å². The lowest BCUT2D eigenvalue weighted by molar-refractivity contribution is 0.111. The highest BCUT2D eigenvalue weighted by atomic mass is 32.2. The molecule has 0 radical (unpaired) electrons. The number of hydrogen-bond donors (Lipinski definition) is 1. The van der Waals surface area contributed by atoms with E-state index in [1.54, 1.807) is 6.07 Å². The van der Waals surface area contributed by atoms with Crippen LogP contribution in [0.5, 0.6) is 11.5 Å². The summed E-state index contributed by atoms with van der Waals surface area (Å²) in [6.07, 6.45) is 6.51. The first-order valence-electron chi connectivity index (χ1n) is 11.7. The number of ether oxygens (including phenoxy) is 2. The average molecular weight is 461 g/mol. The number of para-hydroxylation sites is 1. The number of unbranched alkanes of at least 4 members (excludes halogenated alkanes) is 2. The van der Waals surface area contributed by atoms with Crippen molar-refractivity contribution < 1.29 is 17.9 Å². The lowest BCUT2D eigenvalue weighted by atomic mass is 10.1. The molecule has 1 aliphatic carbocycles. The average Bonchev–Trinajstić information content (AvgIpc) is 3.59. The summed E-state index contributed by atoms with van der Waals surface area (Å²) >= 11 is 0. The van der Waals surface area contributed by atoms with Crippen molar-refractivity contribution in [1.29, 1.82) is 0 Å². The lowest BCUT2D eigenvalue weighted by Crippen LogP contribution is -2.27. The minimum atomic E-state index is -4.01. The number of rotatable bonds is 14. The maximum atomic E-state index is 12.6. The molecule has 32 heavy (non-hydrogen) atoms. The molecule has 7 heteroatoms. The van der Waals surface area contributed by atoms with Crippen LogP contribution in [0.3, 0.4) is 0 Å². The van der Waals surface area contributed by atoms with E-state index >= 15 is 0 Å². The molecule has 1 saturated carbocycles. The van der Waals surface area contributed by atoms with E-state index in [1.165, 1.54) is 12.8 Å². The van der Waals surface area contributed by atoms with Gasteiger partial charge in [-0.1, -0.05) is 44.9 Å². The first-order chi connectivity index (χ1) is 15.4. The van der Waals surface area contributed by atoms with Crippen LogP contribution in [-0.4, -0.2) is 28.1 Å². The van der Waals surface area contributed by atoms with E-state index in [0.717, 1.165) is 50.0 Å². The largest absolute Gasteiger partial charge is 0.454 e. The fourth-order valence-electron chi connectivity index (χ4n) is 3.56. The van der Waals surface area contributed by atoms with Crippen LogP contribution in [-0.2, 0) is 21.4 Å². The predicted molar refractivity (Wildman–Crippen MR) is 129 cm³/mol. The van der Waals surface area contributed by atoms with E-state index in [1.807, 2.05) is 36.4 Å². The Morgan fingerprint density at radius 2 is 1.69 bits per heavy atom. The number of nitrogens with two attached hydrogens (primary N) is 1. The third kappa shape index (κ3) is 7.22. The van der Waals surface area contributed by atoms with Crippen molar-refractivity contribution in [3.63, 3.8) is 0 Å². The molecule has 2 N–H and O–H groups in total. The Bertz CT molecular complexity index is 951. The smallest absolute Gasteiger partial charge is 0.241 e. The first kappa shape index (κ1) is 24.6. The standard InChI is InChI=1S/C25H36N2O4S/c1-3-5-14-27(15-6-4-2)23-16-21(19-30-18-20-12-13-20)17-24(32(26,28)29)25(23)31-22-10-8-7-9-11-22/h7-11,16-17,20H,3-6,12-15,18-19H2,1-2H3,(H2,26,28,29).